The molecule has 0 saturated carbocycles. The second-order valence-corrected chi connectivity index (χ2v) is 8.43. The lowest BCUT2D eigenvalue weighted by atomic mass is 10.00. The fraction of sp³-hybridized carbons (Fsp3) is 0.0417. The molecule has 0 aliphatic rings. The smallest absolute Gasteiger partial charge is 0.254 e. The van der Waals surface area contributed by atoms with E-state index >= 15 is 0 Å². The molecule has 1 N–H and O–H groups in total. The number of carbonyl (C=O) groups excluding carboxylic acids is 1. The summed E-state index contributed by atoms with van der Waals surface area (Å²) in [5, 5.41) is 8.74. The van der Waals surface area contributed by atoms with Crippen LogP contribution in [-0.2, 0) is 6.54 Å². The van der Waals surface area contributed by atoms with Crippen LogP contribution in [0.4, 0.5) is 0 Å². The molecule has 0 aliphatic carbocycles. The molecule has 31 heavy (non-hydrogen) atoms. The molecule has 0 unspecified atom stereocenters. The molecule has 3 aromatic carbocycles. The molecule has 0 saturated heterocycles. The maximum absolute atomic E-state index is 12.7. The van der Waals surface area contributed by atoms with Crippen LogP contribution in [0.25, 0.3) is 26.5 Å². The number of halogens is 1. The summed E-state index contributed by atoms with van der Waals surface area (Å²) < 4.78 is 2.72. The zero-order valence-corrected chi connectivity index (χ0v) is 17.9. The van der Waals surface area contributed by atoms with Gasteiger partial charge in [0.1, 0.15) is 0 Å². The summed E-state index contributed by atoms with van der Waals surface area (Å²) in [4.78, 5) is 17.3. The number of nitrogens with one attached hydrogen (secondary N) is 1. The molecule has 5 rings (SSSR count). The van der Waals surface area contributed by atoms with Crippen LogP contribution in [0.5, 0.6) is 0 Å². The predicted molar refractivity (Wildman–Crippen MR) is 125 cm³/mol. The van der Waals surface area contributed by atoms with Crippen molar-refractivity contribution in [3.63, 3.8) is 0 Å². The zero-order valence-electron chi connectivity index (χ0n) is 16.3. The van der Waals surface area contributed by atoms with Crippen molar-refractivity contribution in [2.24, 2.45) is 0 Å². The van der Waals surface area contributed by atoms with Crippen LogP contribution in [-0.4, -0.2) is 20.7 Å². The van der Waals surface area contributed by atoms with Gasteiger partial charge in [-0.15, -0.1) is 0 Å². The van der Waals surface area contributed by atoms with Crippen molar-refractivity contribution in [3.8, 4) is 16.3 Å². The molecular formula is C24H17ClN4OS. The van der Waals surface area contributed by atoms with Gasteiger partial charge in [-0.1, -0.05) is 71.5 Å². The predicted octanol–water partition coefficient (Wildman–Crippen LogP) is 5.73. The zero-order chi connectivity index (χ0) is 21.2. The Morgan fingerprint density at radius 1 is 1.00 bits per heavy atom. The topological polar surface area (TPSA) is 59.8 Å². The first-order valence-electron chi connectivity index (χ1n) is 9.70. The van der Waals surface area contributed by atoms with Gasteiger partial charge in [-0.25, -0.2) is 9.67 Å². The van der Waals surface area contributed by atoms with Gasteiger partial charge in [0.2, 0.25) is 5.13 Å². The van der Waals surface area contributed by atoms with Crippen molar-refractivity contribution in [1.29, 1.82) is 0 Å². The Morgan fingerprint density at radius 2 is 1.77 bits per heavy atom. The van der Waals surface area contributed by atoms with E-state index < -0.39 is 0 Å². The number of carbonyl (C=O) groups is 1. The highest BCUT2D eigenvalue weighted by Crippen LogP contribution is 2.26. The molecule has 0 bridgehead atoms. The third-order valence-electron chi connectivity index (χ3n) is 4.94. The van der Waals surface area contributed by atoms with Crippen molar-refractivity contribution >= 4 is 39.1 Å². The summed E-state index contributed by atoms with van der Waals surface area (Å²) in [7, 11) is 0. The quantitative estimate of drug-likeness (QED) is 0.376. The third-order valence-corrected chi connectivity index (χ3v) is 6.21. The van der Waals surface area contributed by atoms with Crippen LogP contribution in [0.2, 0.25) is 5.02 Å². The van der Waals surface area contributed by atoms with Crippen molar-refractivity contribution in [3.05, 3.63) is 101 Å². The number of benzene rings is 3. The summed E-state index contributed by atoms with van der Waals surface area (Å²) in [6.45, 7) is 0.407. The van der Waals surface area contributed by atoms with E-state index in [-0.39, 0.29) is 5.91 Å². The normalized spacial score (nSPS) is 11.0. The van der Waals surface area contributed by atoms with E-state index in [1.165, 1.54) is 11.3 Å². The van der Waals surface area contributed by atoms with Crippen molar-refractivity contribution in [2.75, 3.05) is 0 Å². The number of hydrogen-bond acceptors (Lipinski definition) is 4. The summed E-state index contributed by atoms with van der Waals surface area (Å²) in [6, 6.07) is 23.6. The van der Waals surface area contributed by atoms with E-state index in [1.54, 1.807) is 17.1 Å². The molecule has 0 fully saturated rings. The fourth-order valence-electron chi connectivity index (χ4n) is 3.37. The van der Waals surface area contributed by atoms with Crippen LogP contribution >= 0.6 is 22.9 Å². The molecular weight excluding hydrogens is 428 g/mol. The number of nitrogens with zero attached hydrogens (tertiary/aromatic N) is 3. The van der Waals surface area contributed by atoms with Crippen LogP contribution in [0.3, 0.4) is 0 Å². The van der Waals surface area contributed by atoms with Gasteiger partial charge >= 0.3 is 0 Å². The Balaban J connectivity index is 1.32. The number of para-hydroxylation sites is 1. The Labute approximate surface area is 187 Å². The van der Waals surface area contributed by atoms with Gasteiger partial charge in [-0.05, 0) is 41.0 Å². The number of amides is 1. The lowest BCUT2D eigenvalue weighted by Crippen LogP contribution is -2.22. The van der Waals surface area contributed by atoms with E-state index in [4.69, 9.17) is 11.6 Å². The maximum atomic E-state index is 12.7. The minimum absolute atomic E-state index is 0.182. The SMILES string of the molecule is O=C(NCc1ccccc1-c1ccc(Cl)cc1)c1cnn(-c2nc3ccccc3s2)c1. The maximum Gasteiger partial charge on any atom is 0.254 e. The monoisotopic (exact) mass is 444 g/mol. The van der Waals surface area contributed by atoms with Crippen molar-refractivity contribution in [2.45, 2.75) is 6.54 Å². The van der Waals surface area contributed by atoms with Gasteiger partial charge in [0, 0.05) is 17.8 Å². The van der Waals surface area contributed by atoms with E-state index in [0.29, 0.717) is 17.1 Å². The molecule has 1 amide bonds. The standard InChI is InChI=1S/C24H17ClN4OS/c25-19-11-9-16(10-12-19)20-6-2-1-5-17(20)13-26-23(30)18-14-27-29(15-18)24-28-21-7-3-4-8-22(21)31-24/h1-12,14-15H,13H2,(H,26,30). The number of fused-ring (bicyclic) bond motifs is 1. The van der Waals surface area contributed by atoms with E-state index in [9.17, 15) is 4.79 Å². The van der Waals surface area contributed by atoms with Crippen molar-refractivity contribution < 1.29 is 4.79 Å². The minimum Gasteiger partial charge on any atom is -0.348 e. The average Bonchev–Trinajstić information content (AvgIpc) is 3.45. The number of hydrogen-bond donors (Lipinski definition) is 1. The Hall–Kier alpha value is -3.48. The first-order chi connectivity index (χ1) is 15.2. The highest BCUT2D eigenvalue weighted by atomic mass is 35.5. The van der Waals surface area contributed by atoms with Gasteiger partial charge < -0.3 is 5.32 Å². The molecule has 0 spiro atoms. The van der Waals surface area contributed by atoms with Gasteiger partial charge in [0.05, 0.1) is 22.0 Å². The van der Waals surface area contributed by atoms with E-state index in [1.807, 2.05) is 72.8 Å². The number of aromatic nitrogens is 3. The molecule has 5 aromatic rings. The lowest BCUT2D eigenvalue weighted by Gasteiger charge is -2.11. The van der Waals surface area contributed by atoms with E-state index in [0.717, 1.165) is 32.0 Å². The van der Waals surface area contributed by atoms with Crippen molar-refractivity contribution in [1.82, 2.24) is 20.1 Å². The fourth-order valence-corrected chi connectivity index (χ4v) is 4.39. The van der Waals surface area contributed by atoms with E-state index in [2.05, 4.69) is 15.4 Å². The first kappa shape index (κ1) is 19.5. The van der Waals surface area contributed by atoms with Gasteiger partial charge in [0.25, 0.3) is 5.91 Å². The summed E-state index contributed by atoms with van der Waals surface area (Å²) in [5.74, 6) is -0.182. The molecule has 0 atom stereocenters. The second kappa shape index (κ2) is 8.34. The summed E-state index contributed by atoms with van der Waals surface area (Å²) >= 11 is 7.54. The van der Waals surface area contributed by atoms with Gasteiger partial charge in [-0.2, -0.15) is 5.10 Å². The Kier molecular flexibility index (Phi) is 5.24. The lowest BCUT2D eigenvalue weighted by molar-refractivity contribution is 0.0951. The molecule has 0 aliphatic heterocycles. The van der Waals surface area contributed by atoms with Gasteiger partial charge in [-0.3, -0.25) is 4.79 Å². The van der Waals surface area contributed by atoms with Crippen LogP contribution < -0.4 is 5.32 Å². The summed E-state index contributed by atoms with van der Waals surface area (Å²) in [5.41, 5.74) is 4.55. The second-order valence-electron chi connectivity index (χ2n) is 6.98. The number of rotatable bonds is 5. The third kappa shape index (κ3) is 4.08. The highest BCUT2D eigenvalue weighted by molar-refractivity contribution is 7.20. The molecule has 0 radical (unpaired) electrons. The van der Waals surface area contributed by atoms with Crippen LogP contribution in [0, 0.1) is 0 Å². The molecule has 7 heteroatoms. The van der Waals surface area contributed by atoms with Gasteiger partial charge in [0.15, 0.2) is 0 Å². The molecule has 5 nitrogen and oxygen atoms in total. The Bertz CT molecular complexity index is 1340. The highest BCUT2D eigenvalue weighted by Gasteiger charge is 2.13. The Morgan fingerprint density at radius 3 is 2.61 bits per heavy atom. The minimum atomic E-state index is -0.182. The molecule has 152 valence electrons. The summed E-state index contributed by atoms with van der Waals surface area (Å²) in [6.07, 6.45) is 3.27. The largest absolute Gasteiger partial charge is 0.348 e. The molecule has 2 aromatic heterocycles. The number of thiazole rings is 1. The van der Waals surface area contributed by atoms with Crippen LogP contribution in [0.1, 0.15) is 15.9 Å². The average molecular weight is 445 g/mol. The first-order valence-corrected chi connectivity index (χ1v) is 10.9. The van der Waals surface area contributed by atoms with Crippen LogP contribution in [0.15, 0.2) is 85.2 Å². The molecule has 2 heterocycles.